The quantitative estimate of drug-likeness (QED) is 0.186. The van der Waals surface area contributed by atoms with Gasteiger partial charge in [-0.1, -0.05) is 47.0 Å². The van der Waals surface area contributed by atoms with Gasteiger partial charge in [-0.15, -0.1) is 0 Å². The SMILES string of the molecule is CCCCC(C)(C)OC1CC(C)(C)N(CCOC(=O)C(C)(C)C(=O)C(C)(CC)CCC)C(C)(C)C1. The van der Waals surface area contributed by atoms with Gasteiger partial charge in [0.2, 0.25) is 0 Å². The van der Waals surface area contributed by atoms with Crippen molar-refractivity contribution in [3.05, 3.63) is 0 Å². The number of esters is 1. The van der Waals surface area contributed by atoms with E-state index in [1.54, 1.807) is 13.8 Å². The Labute approximate surface area is 217 Å². The Kier molecular flexibility index (Phi) is 11.1. The molecule has 35 heavy (non-hydrogen) atoms. The molecule has 1 rings (SSSR count). The Morgan fingerprint density at radius 3 is 1.89 bits per heavy atom. The smallest absolute Gasteiger partial charge is 0.319 e. The molecule has 5 nitrogen and oxygen atoms in total. The maximum Gasteiger partial charge on any atom is 0.319 e. The van der Waals surface area contributed by atoms with Crippen LogP contribution in [0, 0.1) is 10.8 Å². The predicted molar refractivity (Wildman–Crippen MR) is 146 cm³/mol. The van der Waals surface area contributed by atoms with Gasteiger partial charge in [0, 0.05) is 23.0 Å². The van der Waals surface area contributed by atoms with E-state index in [1.807, 2.05) is 13.8 Å². The van der Waals surface area contributed by atoms with Gasteiger partial charge in [0.25, 0.3) is 0 Å². The molecular formula is C30H57NO4. The van der Waals surface area contributed by atoms with Crippen LogP contribution in [0.15, 0.2) is 0 Å². The fourth-order valence-electron chi connectivity index (χ4n) is 6.29. The molecule has 1 unspecified atom stereocenters. The third kappa shape index (κ3) is 8.28. The number of piperidine rings is 1. The topological polar surface area (TPSA) is 55.8 Å². The molecule has 0 aromatic heterocycles. The van der Waals surface area contributed by atoms with Crippen LogP contribution in [0.3, 0.4) is 0 Å². The zero-order chi connectivity index (χ0) is 27.3. The molecule has 0 aliphatic carbocycles. The normalized spacial score (nSPS) is 20.9. The standard InChI is InChI=1S/C30H57NO4/c1-13-16-18-28(8,9)35-23-21-26(4,5)31(27(6,7)22-23)19-20-34-25(33)29(10,11)24(32)30(12,15-3)17-14-2/h23H,13-22H2,1-12H3. The first-order valence-corrected chi connectivity index (χ1v) is 14.1. The van der Waals surface area contributed by atoms with E-state index in [9.17, 15) is 9.59 Å². The molecule has 0 amide bonds. The molecule has 0 aromatic carbocycles. The summed E-state index contributed by atoms with van der Waals surface area (Å²) in [6.07, 6.45) is 7.95. The highest BCUT2D eigenvalue weighted by Crippen LogP contribution is 2.41. The number of ether oxygens (including phenoxy) is 2. The van der Waals surface area contributed by atoms with Crippen molar-refractivity contribution in [3.63, 3.8) is 0 Å². The molecule has 1 aliphatic rings. The van der Waals surface area contributed by atoms with Gasteiger partial charge in [-0.05, 0) is 87.5 Å². The maximum atomic E-state index is 13.3. The van der Waals surface area contributed by atoms with Gasteiger partial charge in [0.15, 0.2) is 5.78 Å². The minimum Gasteiger partial charge on any atom is -0.464 e. The van der Waals surface area contributed by atoms with Crippen LogP contribution in [-0.4, -0.2) is 52.6 Å². The molecule has 1 aliphatic heterocycles. The highest BCUT2D eigenvalue weighted by Gasteiger charge is 2.48. The van der Waals surface area contributed by atoms with Crippen LogP contribution in [0.1, 0.15) is 134 Å². The van der Waals surface area contributed by atoms with Crippen molar-refractivity contribution in [3.8, 4) is 0 Å². The Morgan fingerprint density at radius 1 is 0.886 bits per heavy atom. The second kappa shape index (κ2) is 12.1. The summed E-state index contributed by atoms with van der Waals surface area (Å²) in [4.78, 5) is 28.8. The number of nitrogens with zero attached hydrogens (tertiary/aromatic N) is 1. The van der Waals surface area contributed by atoms with Crippen molar-refractivity contribution in [2.24, 2.45) is 10.8 Å². The van der Waals surface area contributed by atoms with Crippen molar-refractivity contribution in [2.45, 2.75) is 157 Å². The average molecular weight is 496 g/mol. The van der Waals surface area contributed by atoms with Crippen LogP contribution < -0.4 is 0 Å². The van der Waals surface area contributed by atoms with Crippen molar-refractivity contribution < 1.29 is 19.1 Å². The minimum atomic E-state index is -1.14. The zero-order valence-corrected chi connectivity index (χ0v) is 25.2. The summed E-state index contributed by atoms with van der Waals surface area (Å²) < 4.78 is 12.4. The number of hydrogen-bond acceptors (Lipinski definition) is 5. The maximum absolute atomic E-state index is 13.3. The summed E-state index contributed by atoms with van der Waals surface area (Å²) >= 11 is 0. The van der Waals surface area contributed by atoms with Crippen molar-refractivity contribution >= 4 is 11.8 Å². The monoisotopic (exact) mass is 495 g/mol. The lowest BCUT2D eigenvalue weighted by atomic mass is 9.69. The molecule has 1 fully saturated rings. The van der Waals surface area contributed by atoms with E-state index in [-0.39, 0.29) is 35.2 Å². The molecule has 5 heteroatoms. The summed E-state index contributed by atoms with van der Waals surface area (Å²) in [5.41, 5.74) is -1.93. The summed E-state index contributed by atoms with van der Waals surface area (Å²) in [5.74, 6) is -0.423. The number of rotatable bonds is 14. The van der Waals surface area contributed by atoms with Gasteiger partial charge in [0.05, 0.1) is 11.7 Å². The second-order valence-electron chi connectivity index (χ2n) is 13.5. The lowest BCUT2D eigenvalue weighted by Crippen LogP contribution is -2.63. The third-order valence-corrected chi connectivity index (χ3v) is 8.29. The minimum absolute atomic E-state index is 0.0105. The lowest BCUT2D eigenvalue weighted by molar-refractivity contribution is -0.168. The van der Waals surface area contributed by atoms with Crippen molar-refractivity contribution in [2.75, 3.05) is 13.2 Å². The largest absolute Gasteiger partial charge is 0.464 e. The molecule has 1 atom stereocenters. The summed E-state index contributed by atoms with van der Waals surface area (Å²) in [6, 6.07) is 0. The highest BCUT2D eigenvalue weighted by atomic mass is 16.5. The van der Waals surface area contributed by atoms with Crippen LogP contribution >= 0.6 is 0 Å². The first-order valence-electron chi connectivity index (χ1n) is 14.1. The molecule has 0 saturated carbocycles. The van der Waals surface area contributed by atoms with Crippen LogP contribution in [0.5, 0.6) is 0 Å². The Morgan fingerprint density at radius 2 is 1.43 bits per heavy atom. The van der Waals surface area contributed by atoms with E-state index < -0.39 is 16.8 Å². The van der Waals surface area contributed by atoms with E-state index in [0.717, 1.165) is 38.5 Å². The fraction of sp³-hybridized carbons (Fsp3) is 0.933. The number of unbranched alkanes of at least 4 members (excludes halogenated alkanes) is 1. The predicted octanol–water partition coefficient (Wildman–Crippen LogP) is 7.35. The van der Waals surface area contributed by atoms with Gasteiger partial charge in [-0.3, -0.25) is 14.5 Å². The van der Waals surface area contributed by atoms with Gasteiger partial charge < -0.3 is 9.47 Å². The Balaban J connectivity index is 2.82. The summed E-state index contributed by atoms with van der Waals surface area (Å²) in [5, 5.41) is 0. The first kappa shape index (κ1) is 32.1. The van der Waals surface area contributed by atoms with E-state index >= 15 is 0 Å². The molecule has 0 aromatic rings. The number of carbonyl (C=O) groups is 2. The number of likely N-dealkylation sites (tertiary alicyclic amines) is 1. The number of ketones is 1. The molecular weight excluding hydrogens is 438 g/mol. The Bertz CT molecular complexity index is 691. The number of carbonyl (C=O) groups excluding carboxylic acids is 2. The second-order valence-corrected chi connectivity index (χ2v) is 13.5. The number of hydrogen-bond donors (Lipinski definition) is 0. The zero-order valence-electron chi connectivity index (χ0n) is 25.2. The summed E-state index contributed by atoms with van der Waals surface area (Å²) in [6.45, 7) is 26.1. The van der Waals surface area contributed by atoms with Gasteiger partial charge in [-0.2, -0.15) is 0 Å². The van der Waals surface area contributed by atoms with E-state index in [1.165, 1.54) is 12.8 Å². The van der Waals surface area contributed by atoms with E-state index in [0.29, 0.717) is 6.54 Å². The molecule has 0 spiro atoms. The average Bonchev–Trinajstić information content (AvgIpc) is 2.72. The van der Waals surface area contributed by atoms with Crippen molar-refractivity contribution in [1.82, 2.24) is 4.90 Å². The Hall–Kier alpha value is -0.940. The van der Waals surface area contributed by atoms with Crippen LogP contribution in [-0.2, 0) is 19.1 Å². The van der Waals surface area contributed by atoms with Crippen LogP contribution in [0.25, 0.3) is 0 Å². The molecule has 1 saturated heterocycles. The molecule has 206 valence electrons. The number of Topliss-reactive ketones (excluding diaryl/α,β-unsaturated/α-hetero) is 1. The molecule has 0 N–H and O–H groups in total. The highest BCUT2D eigenvalue weighted by molar-refractivity contribution is 6.05. The first-order chi connectivity index (χ1) is 15.9. The van der Waals surface area contributed by atoms with Crippen LogP contribution in [0.2, 0.25) is 0 Å². The third-order valence-electron chi connectivity index (χ3n) is 8.29. The fourth-order valence-corrected chi connectivity index (χ4v) is 6.29. The molecule has 0 radical (unpaired) electrons. The van der Waals surface area contributed by atoms with Crippen LogP contribution in [0.4, 0.5) is 0 Å². The van der Waals surface area contributed by atoms with E-state index in [4.69, 9.17) is 9.47 Å². The van der Waals surface area contributed by atoms with Gasteiger partial charge in [-0.25, -0.2) is 0 Å². The summed E-state index contributed by atoms with van der Waals surface area (Å²) in [7, 11) is 0. The molecule has 1 heterocycles. The van der Waals surface area contributed by atoms with Gasteiger partial charge >= 0.3 is 5.97 Å². The molecule has 0 bridgehead atoms. The van der Waals surface area contributed by atoms with E-state index in [2.05, 4.69) is 60.3 Å². The van der Waals surface area contributed by atoms with Gasteiger partial charge in [0.1, 0.15) is 12.0 Å². The lowest BCUT2D eigenvalue weighted by Gasteiger charge is -2.56. The van der Waals surface area contributed by atoms with Crippen molar-refractivity contribution in [1.29, 1.82) is 0 Å².